The van der Waals surface area contributed by atoms with Crippen LogP contribution in [-0.4, -0.2) is 29.6 Å². The molecule has 1 aliphatic rings. The minimum absolute atomic E-state index is 0.303. The number of alkyl halides is 1. The lowest BCUT2D eigenvalue weighted by atomic mass is 10.1. The quantitative estimate of drug-likeness (QED) is 0.595. The average molecular weight is 159 g/mol. The molecule has 0 aromatic heterocycles. The van der Waals surface area contributed by atoms with E-state index in [-0.39, 0.29) is 0 Å². The molecule has 0 bridgehead atoms. The molecule has 1 aliphatic carbocycles. The number of rotatable bonds is 2. The van der Waals surface area contributed by atoms with Gasteiger partial charge in [0.2, 0.25) is 0 Å². The molecule has 0 unspecified atom stereocenters. The highest BCUT2D eigenvalue weighted by atomic mass is 19.1. The highest BCUT2D eigenvalue weighted by Crippen LogP contribution is 2.27. The van der Waals surface area contributed by atoms with Crippen LogP contribution in [0.15, 0.2) is 0 Å². The fourth-order valence-corrected chi connectivity index (χ4v) is 1.05. The third-order valence-corrected chi connectivity index (χ3v) is 1.92. The zero-order valence-corrected chi connectivity index (χ0v) is 7.22. The molecule has 0 heterocycles. The number of carbonyl (C=O) groups is 1. The average Bonchev–Trinajstić information content (AvgIpc) is 2.63. The van der Waals surface area contributed by atoms with E-state index in [1.807, 2.05) is 0 Å². The first-order chi connectivity index (χ1) is 4.93. The van der Waals surface area contributed by atoms with Gasteiger partial charge in [-0.05, 0) is 26.7 Å². The summed E-state index contributed by atoms with van der Waals surface area (Å²) < 4.78 is 13.0. The van der Waals surface area contributed by atoms with Crippen LogP contribution >= 0.6 is 0 Å². The largest absolute Gasteiger partial charge is 0.340 e. The first-order valence-corrected chi connectivity index (χ1v) is 3.89. The van der Waals surface area contributed by atoms with Crippen molar-refractivity contribution in [2.75, 3.05) is 7.05 Å². The Labute approximate surface area is 66.4 Å². The smallest absolute Gasteiger partial charge is 0.259 e. The van der Waals surface area contributed by atoms with Gasteiger partial charge < -0.3 is 4.90 Å². The molecular weight excluding hydrogens is 145 g/mol. The summed E-state index contributed by atoms with van der Waals surface area (Å²) in [6.45, 7) is 2.60. The molecule has 1 rings (SSSR count). The summed E-state index contributed by atoms with van der Waals surface area (Å²) in [6, 6.07) is 0.303. The summed E-state index contributed by atoms with van der Waals surface area (Å²) in [4.78, 5) is 12.7. The number of nitrogens with zero attached hydrogens (tertiary/aromatic N) is 1. The van der Waals surface area contributed by atoms with Gasteiger partial charge in [-0.2, -0.15) is 0 Å². The van der Waals surface area contributed by atoms with Gasteiger partial charge in [0.1, 0.15) is 0 Å². The van der Waals surface area contributed by atoms with Crippen LogP contribution in [0, 0.1) is 0 Å². The summed E-state index contributed by atoms with van der Waals surface area (Å²) >= 11 is 0. The van der Waals surface area contributed by atoms with Crippen LogP contribution in [0.3, 0.4) is 0 Å². The highest BCUT2D eigenvalue weighted by Gasteiger charge is 2.37. The molecule has 0 N–H and O–H groups in total. The van der Waals surface area contributed by atoms with Crippen molar-refractivity contribution in [2.45, 2.75) is 38.4 Å². The summed E-state index contributed by atoms with van der Waals surface area (Å²) in [5.41, 5.74) is -1.71. The minimum atomic E-state index is -1.71. The predicted molar refractivity (Wildman–Crippen MR) is 41.0 cm³/mol. The molecule has 2 nitrogen and oxygen atoms in total. The van der Waals surface area contributed by atoms with Crippen molar-refractivity contribution in [1.82, 2.24) is 4.90 Å². The molecule has 1 fully saturated rings. The van der Waals surface area contributed by atoms with Crippen LogP contribution in [0.1, 0.15) is 26.7 Å². The van der Waals surface area contributed by atoms with E-state index in [0.29, 0.717) is 6.04 Å². The van der Waals surface area contributed by atoms with Crippen LogP contribution < -0.4 is 0 Å². The number of hydrogen-bond donors (Lipinski definition) is 0. The molecule has 11 heavy (non-hydrogen) atoms. The fourth-order valence-electron chi connectivity index (χ4n) is 1.05. The van der Waals surface area contributed by atoms with Gasteiger partial charge in [-0.25, -0.2) is 4.39 Å². The molecule has 64 valence electrons. The van der Waals surface area contributed by atoms with E-state index in [1.165, 1.54) is 18.7 Å². The molecule has 0 aromatic carbocycles. The minimum Gasteiger partial charge on any atom is -0.340 e. The second-order valence-corrected chi connectivity index (χ2v) is 3.62. The molecular formula is C8H14FNO. The Hall–Kier alpha value is -0.600. The summed E-state index contributed by atoms with van der Waals surface area (Å²) in [7, 11) is 1.67. The zero-order chi connectivity index (χ0) is 8.65. The Balaban J connectivity index is 2.52. The van der Waals surface area contributed by atoms with E-state index in [1.54, 1.807) is 7.05 Å². The monoisotopic (exact) mass is 159 g/mol. The van der Waals surface area contributed by atoms with E-state index in [0.717, 1.165) is 12.8 Å². The molecule has 0 saturated heterocycles. The van der Waals surface area contributed by atoms with Gasteiger partial charge in [-0.15, -0.1) is 0 Å². The van der Waals surface area contributed by atoms with Crippen molar-refractivity contribution in [2.24, 2.45) is 0 Å². The van der Waals surface area contributed by atoms with Gasteiger partial charge in [-0.3, -0.25) is 4.79 Å². The molecule has 3 heteroatoms. The first-order valence-electron chi connectivity index (χ1n) is 3.89. The van der Waals surface area contributed by atoms with Gasteiger partial charge in [0.25, 0.3) is 5.91 Å². The van der Waals surface area contributed by atoms with Crippen molar-refractivity contribution in [3.8, 4) is 0 Å². The zero-order valence-electron chi connectivity index (χ0n) is 7.22. The van der Waals surface area contributed by atoms with E-state index in [9.17, 15) is 9.18 Å². The van der Waals surface area contributed by atoms with Gasteiger partial charge in [0.15, 0.2) is 5.67 Å². The summed E-state index contributed by atoms with van der Waals surface area (Å²) in [6.07, 6.45) is 2.05. The van der Waals surface area contributed by atoms with Crippen molar-refractivity contribution >= 4 is 5.91 Å². The first kappa shape index (κ1) is 8.50. The lowest BCUT2D eigenvalue weighted by Gasteiger charge is -2.22. The van der Waals surface area contributed by atoms with Crippen molar-refractivity contribution in [3.63, 3.8) is 0 Å². The predicted octanol–water partition coefficient (Wildman–Crippen LogP) is 1.36. The van der Waals surface area contributed by atoms with E-state index in [4.69, 9.17) is 0 Å². The van der Waals surface area contributed by atoms with Gasteiger partial charge in [-0.1, -0.05) is 0 Å². The van der Waals surface area contributed by atoms with Crippen molar-refractivity contribution in [3.05, 3.63) is 0 Å². The Bertz CT molecular complexity index is 169. The third-order valence-electron chi connectivity index (χ3n) is 1.92. The van der Waals surface area contributed by atoms with E-state index < -0.39 is 11.6 Å². The van der Waals surface area contributed by atoms with E-state index in [2.05, 4.69) is 0 Å². The van der Waals surface area contributed by atoms with Gasteiger partial charge in [0.05, 0.1) is 0 Å². The molecule has 0 aromatic rings. The third kappa shape index (κ3) is 1.91. The van der Waals surface area contributed by atoms with Crippen LogP contribution in [0.25, 0.3) is 0 Å². The molecule has 0 atom stereocenters. The second kappa shape index (κ2) is 2.47. The van der Waals surface area contributed by atoms with E-state index >= 15 is 0 Å². The number of hydrogen-bond acceptors (Lipinski definition) is 1. The Morgan fingerprint density at radius 1 is 1.55 bits per heavy atom. The maximum absolute atomic E-state index is 13.0. The molecule has 1 saturated carbocycles. The topological polar surface area (TPSA) is 20.3 Å². The number of halogens is 1. The van der Waals surface area contributed by atoms with Crippen molar-refractivity contribution < 1.29 is 9.18 Å². The highest BCUT2D eigenvalue weighted by molar-refractivity contribution is 5.84. The molecule has 0 radical (unpaired) electrons. The molecule has 0 aliphatic heterocycles. The normalized spacial score (nSPS) is 18.2. The summed E-state index contributed by atoms with van der Waals surface area (Å²) in [5.74, 6) is -0.403. The number of amides is 1. The maximum Gasteiger partial charge on any atom is 0.259 e. The van der Waals surface area contributed by atoms with Crippen LogP contribution in [0.2, 0.25) is 0 Å². The Morgan fingerprint density at radius 3 is 2.27 bits per heavy atom. The van der Waals surface area contributed by atoms with Crippen molar-refractivity contribution in [1.29, 1.82) is 0 Å². The van der Waals surface area contributed by atoms with Crippen LogP contribution in [0.5, 0.6) is 0 Å². The summed E-state index contributed by atoms with van der Waals surface area (Å²) in [5, 5.41) is 0. The Kier molecular flexibility index (Phi) is 1.90. The standard InChI is InChI=1S/C8H14FNO/c1-8(2,9)7(11)10(3)6-4-5-6/h6H,4-5H2,1-3H3. The number of carbonyl (C=O) groups excluding carboxylic acids is 1. The molecule has 1 amide bonds. The SMILES string of the molecule is CN(C(=O)C(C)(C)F)C1CC1. The van der Waals surface area contributed by atoms with Gasteiger partial charge >= 0.3 is 0 Å². The molecule has 0 spiro atoms. The Morgan fingerprint density at radius 2 is 2.00 bits per heavy atom. The second-order valence-electron chi connectivity index (χ2n) is 3.62. The lowest BCUT2D eigenvalue weighted by molar-refractivity contribution is -0.140. The van der Waals surface area contributed by atoms with Gasteiger partial charge in [0, 0.05) is 13.1 Å². The lowest BCUT2D eigenvalue weighted by Crippen LogP contribution is -2.41. The van der Waals surface area contributed by atoms with Crippen LogP contribution in [0.4, 0.5) is 4.39 Å². The fraction of sp³-hybridized carbons (Fsp3) is 0.875. The van der Waals surface area contributed by atoms with Crippen LogP contribution in [-0.2, 0) is 4.79 Å². The maximum atomic E-state index is 13.0.